The number of anilines is 1. The van der Waals surface area contributed by atoms with Crippen LogP contribution < -0.4 is 15.2 Å². The first-order valence-electron chi connectivity index (χ1n) is 12.4. The number of carbonyl (C=O) groups excluding carboxylic acids is 1. The van der Waals surface area contributed by atoms with Crippen molar-refractivity contribution in [1.29, 1.82) is 0 Å². The van der Waals surface area contributed by atoms with E-state index in [-0.39, 0.29) is 11.9 Å². The summed E-state index contributed by atoms with van der Waals surface area (Å²) in [7, 11) is 3.29. The number of ether oxygens (including phenoxy) is 2. The molecular formula is C29H31N3O3S. The molecule has 6 nitrogen and oxygen atoms in total. The number of nitrogen functional groups attached to an aromatic ring is 1. The monoisotopic (exact) mass is 501 g/mol. The van der Waals surface area contributed by atoms with Gasteiger partial charge in [-0.3, -0.25) is 4.79 Å². The smallest absolute Gasteiger partial charge is 0.266 e. The Hall–Kier alpha value is -3.58. The van der Waals surface area contributed by atoms with Crippen LogP contribution in [0.5, 0.6) is 11.5 Å². The van der Waals surface area contributed by atoms with Gasteiger partial charge in [-0.25, -0.2) is 4.98 Å². The number of nitrogens with two attached hydrogens (primary N) is 1. The maximum Gasteiger partial charge on any atom is 0.266 e. The molecule has 36 heavy (non-hydrogen) atoms. The summed E-state index contributed by atoms with van der Waals surface area (Å²) >= 11 is 1.38. The summed E-state index contributed by atoms with van der Waals surface area (Å²) in [6.45, 7) is 2.91. The number of nitrogens with zero attached hydrogens (tertiary/aromatic N) is 2. The van der Waals surface area contributed by atoms with E-state index in [0.29, 0.717) is 22.1 Å². The van der Waals surface area contributed by atoms with Gasteiger partial charge in [0.25, 0.3) is 5.91 Å². The van der Waals surface area contributed by atoms with Crippen LogP contribution in [0.25, 0.3) is 32.6 Å². The van der Waals surface area contributed by atoms with Crippen molar-refractivity contribution in [3.05, 3.63) is 59.5 Å². The van der Waals surface area contributed by atoms with Crippen molar-refractivity contribution in [1.82, 2.24) is 9.88 Å². The lowest BCUT2D eigenvalue weighted by atomic mass is 9.97. The molecule has 186 valence electrons. The topological polar surface area (TPSA) is 77.7 Å². The van der Waals surface area contributed by atoms with Gasteiger partial charge in [0.05, 0.1) is 25.6 Å². The Morgan fingerprint density at radius 1 is 1.08 bits per heavy atom. The van der Waals surface area contributed by atoms with E-state index in [1.165, 1.54) is 11.3 Å². The van der Waals surface area contributed by atoms with Crippen LogP contribution in [-0.4, -0.2) is 42.6 Å². The number of benzene rings is 2. The van der Waals surface area contributed by atoms with Crippen LogP contribution in [0.3, 0.4) is 0 Å². The van der Waals surface area contributed by atoms with Crippen LogP contribution in [-0.2, 0) is 0 Å². The second-order valence-corrected chi connectivity index (χ2v) is 10.1. The third-order valence-electron chi connectivity index (χ3n) is 7.02. The zero-order chi connectivity index (χ0) is 25.2. The highest BCUT2D eigenvalue weighted by Gasteiger charge is 2.30. The molecule has 5 rings (SSSR count). The Morgan fingerprint density at radius 2 is 1.89 bits per heavy atom. The van der Waals surface area contributed by atoms with Gasteiger partial charge in [0.2, 0.25) is 0 Å². The molecule has 0 aliphatic carbocycles. The first-order valence-corrected chi connectivity index (χ1v) is 13.2. The molecule has 1 amide bonds. The second kappa shape index (κ2) is 10.2. The maximum absolute atomic E-state index is 13.8. The standard InChI is InChI=1S/C29H31N3O3S/c1-4-19-12-8-9-15-32(19)29(33)27-26(30)25-22(21-16-20(34-2)13-14-24(21)35-3)17-23(31-28(25)36-27)18-10-6-5-7-11-18/h5-7,10-11,13-14,16-17,19H,4,8-9,12,15,30H2,1-3H3. The third kappa shape index (κ3) is 4.28. The minimum atomic E-state index is 0.00636. The lowest BCUT2D eigenvalue weighted by molar-refractivity contribution is 0.0614. The Balaban J connectivity index is 1.75. The molecule has 1 aliphatic rings. The zero-order valence-corrected chi connectivity index (χ0v) is 21.7. The molecule has 1 saturated heterocycles. The van der Waals surface area contributed by atoms with Crippen LogP contribution in [0, 0.1) is 0 Å². The van der Waals surface area contributed by atoms with Crippen molar-refractivity contribution < 1.29 is 14.3 Å². The van der Waals surface area contributed by atoms with Crippen LogP contribution >= 0.6 is 11.3 Å². The molecule has 1 aliphatic heterocycles. The predicted octanol–water partition coefficient (Wildman–Crippen LogP) is 6.63. The van der Waals surface area contributed by atoms with Crippen molar-refractivity contribution in [2.75, 3.05) is 26.5 Å². The number of thiophene rings is 1. The second-order valence-electron chi connectivity index (χ2n) is 9.07. The zero-order valence-electron chi connectivity index (χ0n) is 20.9. The molecule has 3 heterocycles. The quantitative estimate of drug-likeness (QED) is 0.321. The van der Waals surface area contributed by atoms with Gasteiger partial charge in [0.15, 0.2) is 0 Å². The fraction of sp³-hybridized carbons (Fsp3) is 0.310. The van der Waals surface area contributed by atoms with Crippen LogP contribution in [0.4, 0.5) is 5.69 Å². The van der Waals surface area contributed by atoms with Crippen molar-refractivity contribution in [2.24, 2.45) is 0 Å². The number of hydrogen-bond acceptors (Lipinski definition) is 6. The van der Waals surface area contributed by atoms with Crippen LogP contribution in [0.2, 0.25) is 0 Å². The molecule has 4 aromatic rings. The van der Waals surface area contributed by atoms with Gasteiger partial charge in [-0.05, 0) is 49.9 Å². The molecule has 0 saturated carbocycles. The summed E-state index contributed by atoms with van der Waals surface area (Å²) in [6, 6.07) is 18.0. The fourth-order valence-electron chi connectivity index (χ4n) is 5.10. The summed E-state index contributed by atoms with van der Waals surface area (Å²) in [5, 5.41) is 0.777. The normalized spacial score (nSPS) is 15.8. The van der Waals surface area contributed by atoms with Gasteiger partial charge in [-0.15, -0.1) is 11.3 Å². The van der Waals surface area contributed by atoms with Gasteiger partial charge >= 0.3 is 0 Å². The Bertz CT molecular complexity index is 1400. The number of amides is 1. The van der Waals surface area contributed by atoms with Crippen molar-refractivity contribution in [3.8, 4) is 33.9 Å². The van der Waals surface area contributed by atoms with E-state index in [2.05, 4.69) is 6.92 Å². The van der Waals surface area contributed by atoms with Crippen molar-refractivity contribution in [2.45, 2.75) is 38.6 Å². The average molecular weight is 502 g/mol. The lowest BCUT2D eigenvalue weighted by Crippen LogP contribution is -2.43. The minimum Gasteiger partial charge on any atom is -0.497 e. The number of pyridine rings is 1. The Kier molecular flexibility index (Phi) is 6.83. The minimum absolute atomic E-state index is 0.00636. The number of aromatic nitrogens is 1. The van der Waals surface area contributed by atoms with Crippen LogP contribution in [0.15, 0.2) is 54.6 Å². The van der Waals surface area contributed by atoms with E-state index in [0.717, 1.165) is 64.8 Å². The maximum atomic E-state index is 13.8. The van der Waals surface area contributed by atoms with E-state index in [4.69, 9.17) is 20.2 Å². The molecule has 2 N–H and O–H groups in total. The number of piperidine rings is 1. The van der Waals surface area contributed by atoms with Gasteiger partial charge in [-0.2, -0.15) is 0 Å². The molecule has 1 atom stereocenters. The Labute approximate surface area is 215 Å². The van der Waals surface area contributed by atoms with Gasteiger partial charge in [0.1, 0.15) is 21.2 Å². The molecule has 1 fully saturated rings. The van der Waals surface area contributed by atoms with E-state index in [1.807, 2.05) is 59.5 Å². The number of rotatable bonds is 6. The SMILES string of the molecule is CCC1CCCCN1C(=O)c1sc2nc(-c3ccccc3)cc(-c3cc(OC)ccc3OC)c2c1N. The molecule has 0 radical (unpaired) electrons. The highest BCUT2D eigenvalue weighted by molar-refractivity contribution is 7.21. The van der Waals surface area contributed by atoms with E-state index >= 15 is 0 Å². The largest absolute Gasteiger partial charge is 0.497 e. The fourth-order valence-corrected chi connectivity index (χ4v) is 6.17. The molecule has 1 unspecified atom stereocenters. The summed E-state index contributed by atoms with van der Waals surface area (Å²) in [5.74, 6) is 1.41. The highest BCUT2D eigenvalue weighted by atomic mass is 32.1. The number of hydrogen-bond donors (Lipinski definition) is 1. The Morgan fingerprint density at radius 3 is 2.61 bits per heavy atom. The van der Waals surface area contributed by atoms with Crippen molar-refractivity contribution >= 4 is 33.1 Å². The highest BCUT2D eigenvalue weighted by Crippen LogP contribution is 2.45. The molecule has 0 bridgehead atoms. The third-order valence-corrected chi connectivity index (χ3v) is 8.11. The number of carbonyl (C=O) groups is 1. The first kappa shape index (κ1) is 24.1. The number of fused-ring (bicyclic) bond motifs is 1. The summed E-state index contributed by atoms with van der Waals surface area (Å²) < 4.78 is 11.2. The summed E-state index contributed by atoms with van der Waals surface area (Å²) in [5.41, 5.74) is 10.8. The van der Waals surface area contributed by atoms with E-state index < -0.39 is 0 Å². The van der Waals surface area contributed by atoms with Gasteiger partial charge in [-0.1, -0.05) is 37.3 Å². The molecule has 0 spiro atoms. The predicted molar refractivity (Wildman–Crippen MR) is 147 cm³/mol. The molecular weight excluding hydrogens is 470 g/mol. The number of likely N-dealkylation sites (tertiary alicyclic amines) is 1. The van der Waals surface area contributed by atoms with E-state index in [9.17, 15) is 4.79 Å². The number of methoxy groups -OCH3 is 2. The summed E-state index contributed by atoms with van der Waals surface area (Å²) in [4.78, 5) is 22.1. The van der Waals surface area contributed by atoms with Gasteiger partial charge in [0, 0.05) is 34.7 Å². The molecule has 2 aromatic carbocycles. The molecule has 7 heteroatoms. The van der Waals surface area contributed by atoms with Crippen molar-refractivity contribution in [3.63, 3.8) is 0 Å². The lowest BCUT2D eigenvalue weighted by Gasteiger charge is -2.35. The van der Waals surface area contributed by atoms with E-state index in [1.54, 1.807) is 14.2 Å². The summed E-state index contributed by atoms with van der Waals surface area (Å²) in [6.07, 6.45) is 4.16. The molecule has 2 aromatic heterocycles. The average Bonchev–Trinajstić information content (AvgIpc) is 3.28. The van der Waals surface area contributed by atoms with Crippen LogP contribution in [0.1, 0.15) is 42.3 Å². The van der Waals surface area contributed by atoms with Gasteiger partial charge < -0.3 is 20.1 Å². The first-order chi connectivity index (χ1) is 17.5.